The van der Waals surface area contributed by atoms with Crippen molar-refractivity contribution in [3.05, 3.63) is 167 Å². The molecule has 4 nitrogen and oxygen atoms in total. The van der Waals surface area contributed by atoms with Gasteiger partial charge in [-0.2, -0.15) is 0 Å². The van der Waals surface area contributed by atoms with Gasteiger partial charge in [-0.1, -0.05) is 127 Å². The minimum Gasteiger partial charge on any atom is -0.454 e. The fraction of sp³-hybridized carbons (Fsp3) is 0.0244. The lowest BCUT2D eigenvalue weighted by atomic mass is 9.99. The molecule has 1 aliphatic heterocycles. The lowest BCUT2D eigenvalue weighted by Crippen LogP contribution is -2.33. The SMILES string of the molecule is Clc1cc(C2N=C(c3ccc4c(ccc5ccccc54)c3)N=C(c3cccc(-c4ccccc4)c3)N2)cc2c1oc1ccccc12. The van der Waals surface area contributed by atoms with Crippen LogP contribution in [0.5, 0.6) is 0 Å². The van der Waals surface area contributed by atoms with Crippen LogP contribution in [0.3, 0.4) is 0 Å². The van der Waals surface area contributed by atoms with E-state index in [0.717, 1.165) is 55.4 Å². The van der Waals surface area contributed by atoms with Crippen LogP contribution in [-0.4, -0.2) is 11.7 Å². The number of nitrogens with one attached hydrogen (secondary N) is 1. The first-order valence-corrected chi connectivity index (χ1v) is 15.7. The molecule has 0 spiro atoms. The Balaban J connectivity index is 1.20. The fourth-order valence-corrected chi connectivity index (χ4v) is 6.76. The Bertz CT molecular complexity index is 2530. The summed E-state index contributed by atoms with van der Waals surface area (Å²) in [6.07, 6.45) is -0.425. The first kappa shape index (κ1) is 26.7. The van der Waals surface area contributed by atoms with Crippen LogP contribution >= 0.6 is 11.6 Å². The van der Waals surface area contributed by atoms with Crippen LogP contribution in [0.25, 0.3) is 54.6 Å². The van der Waals surface area contributed by atoms with Crippen LogP contribution in [0.4, 0.5) is 0 Å². The minimum absolute atomic E-state index is 0.425. The average molecular weight is 612 g/mol. The van der Waals surface area contributed by atoms with Crippen molar-refractivity contribution in [2.24, 2.45) is 9.98 Å². The molecule has 1 N–H and O–H groups in total. The van der Waals surface area contributed by atoms with Crippen molar-refractivity contribution < 1.29 is 4.42 Å². The van der Waals surface area contributed by atoms with Crippen molar-refractivity contribution in [2.45, 2.75) is 6.17 Å². The first-order valence-electron chi connectivity index (χ1n) is 15.3. The third-order valence-corrected chi connectivity index (χ3v) is 9.04. The van der Waals surface area contributed by atoms with Gasteiger partial charge >= 0.3 is 0 Å². The van der Waals surface area contributed by atoms with Crippen molar-refractivity contribution >= 4 is 66.8 Å². The number of hydrogen-bond donors (Lipinski definition) is 1. The summed E-state index contributed by atoms with van der Waals surface area (Å²) in [6.45, 7) is 0. The smallest absolute Gasteiger partial charge is 0.159 e. The molecular weight excluding hydrogens is 586 g/mol. The zero-order valence-electron chi connectivity index (χ0n) is 24.6. The molecule has 8 aromatic rings. The normalized spacial score (nSPS) is 14.8. The molecule has 5 heteroatoms. The number of nitrogens with zero attached hydrogens (tertiary/aromatic N) is 2. The van der Waals surface area contributed by atoms with Gasteiger partial charge in [-0.3, -0.25) is 0 Å². The molecule has 2 heterocycles. The Hall–Kier alpha value is -5.71. The van der Waals surface area contributed by atoms with E-state index in [1.54, 1.807) is 0 Å². The second kappa shape index (κ2) is 10.7. The van der Waals surface area contributed by atoms with E-state index < -0.39 is 6.17 Å². The number of fused-ring (bicyclic) bond motifs is 6. The number of para-hydroxylation sites is 1. The second-order valence-corrected chi connectivity index (χ2v) is 12.0. The van der Waals surface area contributed by atoms with Crippen LogP contribution in [-0.2, 0) is 0 Å². The number of halogens is 1. The molecule has 0 saturated carbocycles. The summed E-state index contributed by atoms with van der Waals surface area (Å²) in [6, 6.07) is 50.2. The molecule has 1 atom stereocenters. The van der Waals surface area contributed by atoms with E-state index >= 15 is 0 Å². The molecule has 46 heavy (non-hydrogen) atoms. The highest BCUT2D eigenvalue weighted by molar-refractivity contribution is 6.36. The van der Waals surface area contributed by atoms with Gasteiger partial charge < -0.3 is 9.73 Å². The predicted molar refractivity (Wildman–Crippen MR) is 191 cm³/mol. The molecule has 218 valence electrons. The summed E-state index contributed by atoms with van der Waals surface area (Å²) in [7, 11) is 0. The van der Waals surface area contributed by atoms with E-state index in [1.165, 1.54) is 16.2 Å². The van der Waals surface area contributed by atoms with Crippen LogP contribution in [0.15, 0.2) is 160 Å². The minimum atomic E-state index is -0.425. The second-order valence-electron chi connectivity index (χ2n) is 11.6. The Labute approximate surface area is 270 Å². The molecule has 0 amide bonds. The van der Waals surface area contributed by atoms with Gasteiger partial charge in [-0.25, -0.2) is 9.98 Å². The number of benzene rings is 7. The summed E-state index contributed by atoms with van der Waals surface area (Å²) >= 11 is 6.86. The van der Waals surface area contributed by atoms with Crippen molar-refractivity contribution in [1.29, 1.82) is 0 Å². The van der Waals surface area contributed by atoms with Crippen LogP contribution in [0, 0.1) is 0 Å². The van der Waals surface area contributed by atoms with Gasteiger partial charge in [-0.15, -0.1) is 0 Å². The molecule has 1 unspecified atom stereocenters. The van der Waals surface area contributed by atoms with Crippen LogP contribution in [0.1, 0.15) is 22.9 Å². The van der Waals surface area contributed by atoms with Gasteiger partial charge in [0.25, 0.3) is 0 Å². The topological polar surface area (TPSA) is 49.9 Å². The molecule has 0 radical (unpaired) electrons. The van der Waals surface area contributed by atoms with Gasteiger partial charge in [-0.05, 0) is 68.6 Å². The molecule has 0 bridgehead atoms. The van der Waals surface area contributed by atoms with Crippen LogP contribution < -0.4 is 5.32 Å². The largest absolute Gasteiger partial charge is 0.454 e. The third-order valence-electron chi connectivity index (χ3n) is 8.76. The molecule has 0 saturated heterocycles. The van der Waals surface area contributed by atoms with Crippen molar-refractivity contribution in [3.8, 4) is 11.1 Å². The highest BCUT2D eigenvalue weighted by Gasteiger charge is 2.24. The van der Waals surface area contributed by atoms with Gasteiger partial charge in [0.15, 0.2) is 11.4 Å². The van der Waals surface area contributed by atoms with Gasteiger partial charge in [0.05, 0.1) is 5.02 Å². The van der Waals surface area contributed by atoms with Crippen molar-refractivity contribution in [3.63, 3.8) is 0 Å². The summed E-state index contributed by atoms with van der Waals surface area (Å²) < 4.78 is 6.12. The summed E-state index contributed by atoms with van der Waals surface area (Å²) in [4.78, 5) is 10.3. The Morgan fingerprint density at radius 1 is 0.543 bits per heavy atom. The lowest BCUT2D eigenvalue weighted by Gasteiger charge is -2.24. The highest BCUT2D eigenvalue weighted by Crippen LogP contribution is 2.37. The van der Waals surface area contributed by atoms with E-state index in [1.807, 2.05) is 30.3 Å². The maximum absolute atomic E-state index is 6.86. The molecule has 1 aliphatic rings. The van der Waals surface area contributed by atoms with Gasteiger partial charge in [0.1, 0.15) is 17.6 Å². The number of furan rings is 1. The van der Waals surface area contributed by atoms with E-state index in [9.17, 15) is 0 Å². The first-order chi connectivity index (χ1) is 22.7. The number of rotatable bonds is 4. The number of aliphatic imine (C=N–C) groups is 2. The van der Waals surface area contributed by atoms with Crippen molar-refractivity contribution in [1.82, 2.24) is 5.32 Å². The zero-order valence-corrected chi connectivity index (χ0v) is 25.4. The van der Waals surface area contributed by atoms with Crippen molar-refractivity contribution in [2.75, 3.05) is 0 Å². The summed E-state index contributed by atoms with van der Waals surface area (Å²) in [5.41, 5.74) is 6.62. The molecular formula is C41H26ClN3O. The molecule has 1 aromatic heterocycles. The molecule has 0 aliphatic carbocycles. The maximum atomic E-state index is 6.86. The fourth-order valence-electron chi connectivity index (χ4n) is 6.49. The van der Waals surface area contributed by atoms with E-state index in [-0.39, 0.29) is 0 Å². The van der Waals surface area contributed by atoms with E-state index in [4.69, 9.17) is 26.0 Å². The highest BCUT2D eigenvalue weighted by atomic mass is 35.5. The van der Waals surface area contributed by atoms with E-state index in [0.29, 0.717) is 16.4 Å². The molecule has 0 fully saturated rings. The Morgan fingerprint density at radius 2 is 1.28 bits per heavy atom. The maximum Gasteiger partial charge on any atom is 0.159 e. The number of hydrogen-bond acceptors (Lipinski definition) is 4. The summed E-state index contributed by atoms with van der Waals surface area (Å²) in [5.74, 6) is 1.41. The molecule has 9 rings (SSSR count). The van der Waals surface area contributed by atoms with E-state index in [2.05, 4.69) is 121 Å². The summed E-state index contributed by atoms with van der Waals surface area (Å²) in [5, 5.41) is 11.0. The Kier molecular flexibility index (Phi) is 6.22. The van der Waals surface area contributed by atoms with Crippen LogP contribution in [0.2, 0.25) is 5.02 Å². The Morgan fingerprint density at radius 3 is 2.20 bits per heavy atom. The standard InChI is InChI=1S/C41H26ClN3O/c42-36-24-31(23-35-34-15-6-7-16-37(34)46-38(35)36)41-44-39(29-13-8-12-27(21-29)25-9-2-1-3-10-25)43-40(45-41)30-19-20-33-28(22-30)18-17-26-11-4-5-14-32(26)33/h1-24,41H,(H,43,44,45). The number of amidine groups is 2. The lowest BCUT2D eigenvalue weighted by molar-refractivity contribution is 0.663. The zero-order chi connectivity index (χ0) is 30.6. The monoisotopic (exact) mass is 611 g/mol. The third kappa shape index (κ3) is 4.54. The average Bonchev–Trinajstić information content (AvgIpc) is 3.51. The van der Waals surface area contributed by atoms with Gasteiger partial charge in [0.2, 0.25) is 0 Å². The quantitative estimate of drug-likeness (QED) is 0.201. The molecule has 7 aromatic carbocycles. The predicted octanol–water partition coefficient (Wildman–Crippen LogP) is 10.7. The van der Waals surface area contributed by atoms with Gasteiger partial charge in [0, 0.05) is 21.9 Å².